The van der Waals surface area contributed by atoms with E-state index in [0.717, 1.165) is 0 Å². The molecule has 0 atom stereocenters. The molecule has 2 aromatic rings. The van der Waals surface area contributed by atoms with Crippen molar-refractivity contribution in [2.45, 2.75) is 18.2 Å². The number of carboxylic acids is 1. The molecule has 22 heavy (non-hydrogen) atoms. The van der Waals surface area contributed by atoms with Crippen LogP contribution in [0.3, 0.4) is 0 Å². The van der Waals surface area contributed by atoms with E-state index in [2.05, 4.69) is 0 Å². The first-order valence-electron chi connectivity index (χ1n) is 6.31. The van der Waals surface area contributed by atoms with Gasteiger partial charge in [0.25, 0.3) is 10.1 Å². The number of benzene rings is 2. The molecule has 116 valence electrons. The predicted molar refractivity (Wildman–Crippen MR) is 78.9 cm³/mol. The van der Waals surface area contributed by atoms with Gasteiger partial charge in [-0.1, -0.05) is 24.3 Å². The number of hydrogen-bond acceptors (Lipinski definition) is 4. The number of aryl methyl sites for hydroxylation is 1. The number of hydrogen-bond donors (Lipinski definition) is 3. The molecule has 0 saturated heterocycles. The maximum atomic E-state index is 11.4. The summed E-state index contributed by atoms with van der Waals surface area (Å²) < 4.78 is 32.0. The Morgan fingerprint density at radius 1 is 1.18 bits per heavy atom. The van der Waals surface area contributed by atoms with E-state index in [-0.39, 0.29) is 22.6 Å². The minimum absolute atomic E-state index is 0.108. The molecule has 7 heteroatoms. The van der Waals surface area contributed by atoms with Gasteiger partial charge in [-0.05, 0) is 42.2 Å². The van der Waals surface area contributed by atoms with E-state index < -0.39 is 16.1 Å². The SMILES string of the molecule is Cc1cc(Cc2ccccc2S(=O)(=O)O)cc(C(=O)O)c1O. The van der Waals surface area contributed by atoms with Crippen molar-refractivity contribution >= 4 is 16.1 Å². The average Bonchev–Trinajstić information content (AvgIpc) is 2.41. The van der Waals surface area contributed by atoms with E-state index in [1.807, 2.05) is 0 Å². The zero-order chi connectivity index (χ0) is 16.5. The summed E-state index contributed by atoms with van der Waals surface area (Å²) in [5, 5.41) is 18.8. The zero-order valence-corrected chi connectivity index (χ0v) is 12.5. The summed E-state index contributed by atoms with van der Waals surface area (Å²) in [7, 11) is -4.36. The van der Waals surface area contributed by atoms with Gasteiger partial charge in [-0.2, -0.15) is 8.42 Å². The van der Waals surface area contributed by atoms with Crippen LogP contribution in [0.1, 0.15) is 27.0 Å². The van der Waals surface area contributed by atoms with Gasteiger partial charge in [0.1, 0.15) is 11.3 Å². The molecule has 2 rings (SSSR count). The molecule has 2 aromatic carbocycles. The van der Waals surface area contributed by atoms with Gasteiger partial charge >= 0.3 is 5.97 Å². The van der Waals surface area contributed by atoms with Gasteiger partial charge in [-0.15, -0.1) is 0 Å². The Morgan fingerprint density at radius 3 is 2.41 bits per heavy atom. The molecule has 0 heterocycles. The summed E-state index contributed by atoms with van der Waals surface area (Å²) in [5.74, 6) is -1.59. The maximum absolute atomic E-state index is 11.4. The molecule has 0 saturated carbocycles. The standard InChI is InChI=1S/C15H14O6S/c1-9-6-10(8-12(14(9)16)15(17)18)7-11-4-2-3-5-13(11)22(19,20)21/h2-6,8,16H,7H2,1H3,(H,17,18)(H,19,20,21). The molecule has 0 bridgehead atoms. The van der Waals surface area contributed by atoms with Crippen LogP contribution in [0.4, 0.5) is 0 Å². The lowest BCUT2D eigenvalue weighted by Crippen LogP contribution is -2.05. The predicted octanol–water partition coefficient (Wildman–Crippen LogP) is 2.24. The van der Waals surface area contributed by atoms with Crippen LogP contribution in [0, 0.1) is 6.92 Å². The Hall–Kier alpha value is -2.38. The van der Waals surface area contributed by atoms with Gasteiger partial charge in [0, 0.05) is 0 Å². The minimum Gasteiger partial charge on any atom is -0.507 e. The van der Waals surface area contributed by atoms with Crippen molar-refractivity contribution in [1.82, 2.24) is 0 Å². The molecule has 0 amide bonds. The molecule has 0 fully saturated rings. The molecule has 0 aliphatic carbocycles. The molecule has 0 aliphatic heterocycles. The number of carbonyl (C=O) groups is 1. The van der Waals surface area contributed by atoms with E-state index in [0.29, 0.717) is 16.7 Å². The molecule has 6 nitrogen and oxygen atoms in total. The second-order valence-corrected chi connectivity index (χ2v) is 6.26. The summed E-state index contributed by atoms with van der Waals surface area (Å²) in [5.41, 5.74) is 0.980. The molecule has 3 N–H and O–H groups in total. The van der Waals surface area contributed by atoms with Crippen LogP contribution < -0.4 is 0 Å². The minimum atomic E-state index is -4.36. The number of phenols is 1. The van der Waals surface area contributed by atoms with E-state index in [9.17, 15) is 22.9 Å². The molecule has 0 aliphatic rings. The fraction of sp³-hybridized carbons (Fsp3) is 0.133. The van der Waals surface area contributed by atoms with Crippen molar-refractivity contribution in [2.75, 3.05) is 0 Å². The second kappa shape index (κ2) is 5.78. The Kier molecular flexibility index (Phi) is 4.20. The highest BCUT2D eigenvalue weighted by atomic mass is 32.2. The number of carboxylic acid groups (broad SMARTS) is 1. The summed E-state index contributed by atoms with van der Waals surface area (Å²) in [6.07, 6.45) is 0.108. The Morgan fingerprint density at radius 2 is 1.82 bits per heavy atom. The second-order valence-electron chi connectivity index (χ2n) is 4.87. The van der Waals surface area contributed by atoms with E-state index >= 15 is 0 Å². The monoisotopic (exact) mass is 322 g/mol. The summed E-state index contributed by atoms with van der Waals surface area (Å²) in [6, 6.07) is 8.77. The van der Waals surface area contributed by atoms with Crippen molar-refractivity contribution in [3.8, 4) is 5.75 Å². The highest BCUT2D eigenvalue weighted by Crippen LogP contribution is 2.26. The van der Waals surface area contributed by atoms with Crippen LogP contribution in [-0.4, -0.2) is 29.2 Å². The molecule has 0 radical (unpaired) electrons. The van der Waals surface area contributed by atoms with Crippen LogP contribution in [0.5, 0.6) is 5.75 Å². The number of rotatable bonds is 4. The first-order valence-corrected chi connectivity index (χ1v) is 7.75. The van der Waals surface area contributed by atoms with E-state index in [1.165, 1.54) is 24.3 Å². The fourth-order valence-electron chi connectivity index (χ4n) is 2.24. The van der Waals surface area contributed by atoms with Gasteiger partial charge < -0.3 is 10.2 Å². The highest BCUT2D eigenvalue weighted by molar-refractivity contribution is 7.85. The maximum Gasteiger partial charge on any atom is 0.339 e. The van der Waals surface area contributed by atoms with Crippen molar-refractivity contribution in [1.29, 1.82) is 0 Å². The van der Waals surface area contributed by atoms with Crippen molar-refractivity contribution < 1.29 is 28.0 Å². The van der Waals surface area contributed by atoms with Crippen molar-refractivity contribution in [3.05, 3.63) is 58.7 Å². The van der Waals surface area contributed by atoms with E-state index in [4.69, 9.17) is 5.11 Å². The lowest BCUT2D eigenvalue weighted by molar-refractivity contribution is 0.0693. The first kappa shape index (κ1) is 16.0. The number of aromatic carboxylic acids is 1. The van der Waals surface area contributed by atoms with Crippen molar-refractivity contribution in [3.63, 3.8) is 0 Å². The third kappa shape index (κ3) is 3.26. The van der Waals surface area contributed by atoms with Gasteiger partial charge in [-0.3, -0.25) is 4.55 Å². The quantitative estimate of drug-likeness (QED) is 0.744. The Bertz CT molecular complexity index is 839. The molecule has 0 unspecified atom stereocenters. The molecular formula is C15H14O6S. The molecular weight excluding hydrogens is 308 g/mol. The molecule has 0 spiro atoms. The Labute approximate surface area is 127 Å². The van der Waals surface area contributed by atoms with Crippen LogP contribution in [0.15, 0.2) is 41.3 Å². The third-order valence-electron chi connectivity index (χ3n) is 3.24. The normalized spacial score (nSPS) is 11.4. The number of aromatic hydroxyl groups is 1. The van der Waals surface area contributed by atoms with Crippen LogP contribution in [0.2, 0.25) is 0 Å². The lowest BCUT2D eigenvalue weighted by atomic mass is 9.99. The van der Waals surface area contributed by atoms with Crippen LogP contribution in [-0.2, 0) is 16.5 Å². The van der Waals surface area contributed by atoms with Gasteiger partial charge in [0.15, 0.2) is 0 Å². The summed E-state index contributed by atoms with van der Waals surface area (Å²) in [4.78, 5) is 10.9. The van der Waals surface area contributed by atoms with Crippen LogP contribution >= 0.6 is 0 Å². The topological polar surface area (TPSA) is 112 Å². The van der Waals surface area contributed by atoms with Gasteiger partial charge in [-0.25, -0.2) is 4.79 Å². The fourth-order valence-corrected chi connectivity index (χ4v) is 2.96. The largest absolute Gasteiger partial charge is 0.507 e. The third-order valence-corrected chi connectivity index (χ3v) is 4.19. The van der Waals surface area contributed by atoms with Crippen molar-refractivity contribution in [2.24, 2.45) is 0 Å². The van der Waals surface area contributed by atoms with Gasteiger partial charge in [0.2, 0.25) is 0 Å². The smallest absolute Gasteiger partial charge is 0.339 e. The first-order chi connectivity index (χ1) is 10.2. The van der Waals surface area contributed by atoms with Gasteiger partial charge in [0.05, 0.1) is 4.90 Å². The van der Waals surface area contributed by atoms with Crippen LogP contribution in [0.25, 0.3) is 0 Å². The summed E-state index contributed by atoms with van der Waals surface area (Å²) >= 11 is 0. The lowest BCUT2D eigenvalue weighted by Gasteiger charge is -2.10. The Balaban J connectivity index is 2.51. The summed E-state index contributed by atoms with van der Waals surface area (Å²) in [6.45, 7) is 1.56. The highest BCUT2D eigenvalue weighted by Gasteiger charge is 2.17. The molecule has 0 aromatic heterocycles. The van der Waals surface area contributed by atoms with E-state index in [1.54, 1.807) is 19.1 Å². The average molecular weight is 322 g/mol. The zero-order valence-electron chi connectivity index (χ0n) is 11.6.